The molecule has 3 aliphatic carbocycles. The van der Waals surface area contributed by atoms with Gasteiger partial charge in [-0.25, -0.2) is 14.4 Å². The SMILES string of the molecule is COc1c(C)ccc2c1C[C@@H]1CCCN(C(=O)OC(C)(C)C)[C@H]1C2.COc1c(C)ccc2c1C[C@H]1CCCN(C(=O)OC(C)(C)C)C1C2.COc1c(C)ccc2c1C[C@H]1CCCN(C(=O)OC(C)(C)C)[C@@H]1C2. The number of aryl methyl sites for hydroxylation is 3. The second-order valence-electron chi connectivity index (χ2n) is 24.3. The molecule has 396 valence electrons. The Balaban J connectivity index is 0.000000158. The minimum absolute atomic E-state index is 0.167. The largest absolute Gasteiger partial charge is 0.496 e. The van der Waals surface area contributed by atoms with E-state index in [4.69, 9.17) is 28.4 Å². The van der Waals surface area contributed by atoms with Crippen LogP contribution in [0.2, 0.25) is 0 Å². The first-order chi connectivity index (χ1) is 33.9. The number of rotatable bonds is 3. The highest BCUT2D eigenvalue weighted by Gasteiger charge is 2.43. The maximum Gasteiger partial charge on any atom is 0.410 e. The lowest BCUT2D eigenvalue weighted by atomic mass is 9.74. The van der Waals surface area contributed by atoms with Crippen LogP contribution >= 0.6 is 0 Å². The summed E-state index contributed by atoms with van der Waals surface area (Å²) < 4.78 is 33.9. The number of ether oxygens (including phenoxy) is 6. The van der Waals surface area contributed by atoms with Gasteiger partial charge in [-0.15, -0.1) is 0 Å². The van der Waals surface area contributed by atoms with Crippen LogP contribution in [0.25, 0.3) is 0 Å². The Morgan fingerprint density at radius 1 is 0.417 bits per heavy atom. The molecule has 3 amide bonds. The van der Waals surface area contributed by atoms with Gasteiger partial charge in [-0.2, -0.15) is 0 Å². The van der Waals surface area contributed by atoms with E-state index in [1.165, 1.54) is 69.3 Å². The summed E-state index contributed by atoms with van der Waals surface area (Å²) in [6, 6.07) is 13.7. The molecule has 9 rings (SSSR count). The fourth-order valence-corrected chi connectivity index (χ4v) is 12.5. The average Bonchev–Trinajstić information content (AvgIpc) is 3.30. The molecule has 0 spiro atoms. The summed E-state index contributed by atoms with van der Waals surface area (Å²) in [7, 11) is 5.26. The van der Waals surface area contributed by atoms with E-state index in [0.29, 0.717) is 17.8 Å². The molecule has 0 aromatic heterocycles. The highest BCUT2D eigenvalue weighted by atomic mass is 16.6. The van der Waals surface area contributed by atoms with E-state index in [-0.39, 0.29) is 36.4 Å². The molecule has 0 N–H and O–H groups in total. The summed E-state index contributed by atoms with van der Waals surface area (Å²) in [5, 5.41) is 0. The summed E-state index contributed by atoms with van der Waals surface area (Å²) in [5.74, 6) is 4.57. The van der Waals surface area contributed by atoms with Gasteiger partial charge in [0.05, 0.1) is 21.3 Å². The third-order valence-electron chi connectivity index (χ3n) is 15.6. The first kappa shape index (κ1) is 54.6. The quantitative estimate of drug-likeness (QED) is 0.237. The lowest BCUT2D eigenvalue weighted by Gasteiger charge is -2.45. The van der Waals surface area contributed by atoms with Gasteiger partial charge in [0.25, 0.3) is 0 Å². The number of amides is 3. The molecule has 3 heterocycles. The first-order valence-corrected chi connectivity index (χ1v) is 26.8. The number of benzene rings is 3. The molecule has 12 heteroatoms. The van der Waals surface area contributed by atoms with Gasteiger partial charge in [-0.05, 0) is 228 Å². The Labute approximate surface area is 431 Å². The Kier molecular flexibility index (Phi) is 16.8. The Morgan fingerprint density at radius 3 is 0.889 bits per heavy atom. The third-order valence-corrected chi connectivity index (χ3v) is 15.6. The van der Waals surface area contributed by atoms with Crippen molar-refractivity contribution in [2.45, 2.75) is 195 Å². The van der Waals surface area contributed by atoms with Crippen LogP contribution in [0, 0.1) is 38.5 Å². The van der Waals surface area contributed by atoms with Gasteiger partial charge in [0.15, 0.2) is 0 Å². The molecule has 3 aromatic rings. The van der Waals surface area contributed by atoms with Crippen LogP contribution in [-0.2, 0) is 52.7 Å². The Hall–Kier alpha value is -5.13. The van der Waals surface area contributed by atoms with Crippen LogP contribution in [0.1, 0.15) is 151 Å². The van der Waals surface area contributed by atoms with E-state index in [1.54, 1.807) is 21.3 Å². The third kappa shape index (κ3) is 12.6. The number of hydrogen-bond acceptors (Lipinski definition) is 9. The van der Waals surface area contributed by atoms with Crippen LogP contribution in [-0.4, -0.2) is 109 Å². The van der Waals surface area contributed by atoms with E-state index < -0.39 is 16.8 Å². The highest BCUT2D eigenvalue weighted by molar-refractivity contribution is 5.70. The summed E-state index contributed by atoms with van der Waals surface area (Å²) in [4.78, 5) is 43.8. The van der Waals surface area contributed by atoms with E-state index in [0.717, 1.165) is 94.7 Å². The van der Waals surface area contributed by atoms with Gasteiger partial charge in [-0.3, -0.25) is 0 Å². The molecule has 0 radical (unpaired) electrons. The van der Waals surface area contributed by atoms with Gasteiger partial charge >= 0.3 is 18.3 Å². The molecule has 1 unspecified atom stereocenters. The number of carbonyl (C=O) groups excluding carboxylic acids is 3. The summed E-state index contributed by atoms with van der Waals surface area (Å²) in [6.45, 7) is 26.0. The number of carbonyl (C=O) groups is 3. The van der Waals surface area contributed by atoms with Crippen molar-refractivity contribution in [2.24, 2.45) is 17.8 Å². The molecule has 12 nitrogen and oxygen atoms in total. The zero-order chi connectivity index (χ0) is 52.4. The van der Waals surface area contributed by atoms with Crippen molar-refractivity contribution in [3.8, 4) is 17.2 Å². The van der Waals surface area contributed by atoms with Crippen molar-refractivity contribution in [3.63, 3.8) is 0 Å². The summed E-state index contributed by atoms with van der Waals surface area (Å²) in [6.07, 6.45) is 11.8. The minimum atomic E-state index is -0.447. The number of fused-ring (bicyclic) bond motifs is 6. The van der Waals surface area contributed by atoms with Crippen LogP contribution in [0.4, 0.5) is 14.4 Å². The van der Waals surface area contributed by atoms with Crippen molar-refractivity contribution >= 4 is 18.3 Å². The van der Waals surface area contributed by atoms with Crippen molar-refractivity contribution in [3.05, 3.63) is 86.5 Å². The molecule has 3 fully saturated rings. The monoisotopic (exact) mass is 994 g/mol. The molecule has 6 atom stereocenters. The maximum atomic E-state index is 12.6. The molecule has 72 heavy (non-hydrogen) atoms. The normalized spacial score (nSPS) is 23.3. The van der Waals surface area contributed by atoms with Crippen LogP contribution in [0.15, 0.2) is 36.4 Å². The zero-order valence-electron chi connectivity index (χ0n) is 46.6. The van der Waals surface area contributed by atoms with E-state index in [9.17, 15) is 14.4 Å². The number of likely N-dealkylation sites (tertiary alicyclic amines) is 3. The predicted octanol–water partition coefficient (Wildman–Crippen LogP) is 12.4. The number of piperidine rings is 3. The predicted molar refractivity (Wildman–Crippen MR) is 284 cm³/mol. The van der Waals surface area contributed by atoms with Gasteiger partial charge < -0.3 is 43.1 Å². The van der Waals surface area contributed by atoms with Crippen molar-refractivity contribution in [2.75, 3.05) is 41.0 Å². The Morgan fingerprint density at radius 2 is 0.667 bits per heavy atom. The smallest absolute Gasteiger partial charge is 0.410 e. The molecular weight excluding hydrogens is 907 g/mol. The first-order valence-electron chi connectivity index (χ1n) is 26.8. The highest BCUT2D eigenvalue weighted by Crippen LogP contribution is 2.43. The average molecular weight is 994 g/mol. The lowest BCUT2D eigenvalue weighted by molar-refractivity contribution is -0.00233. The van der Waals surface area contributed by atoms with E-state index >= 15 is 0 Å². The van der Waals surface area contributed by atoms with Gasteiger partial charge in [0.2, 0.25) is 0 Å². The number of methoxy groups -OCH3 is 3. The fraction of sp³-hybridized carbons (Fsp3) is 0.650. The number of hydrogen-bond donors (Lipinski definition) is 0. The lowest BCUT2D eigenvalue weighted by Crippen LogP contribution is -2.53. The van der Waals surface area contributed by atoms with E-state index in [1.807, 2.05) is 77.0 Å². The molecule has 3 aliphatic heterocycles. The van der Waals surface area contributed by atoms with Gasteiger partial charge in [0, 0.05) is 37.8 Å². The zero-order valence-corrected chi connectivity index (χ0v) is 46.6. The second kappa shape index (κ2) is 22.1. The molecule has 3 saturated heterocycles. The van der Waals surface area contributed by atoms with Crippen LogP contribution < -0.4 is 14.2 Å². The molecule has 0 bridgehead atoms. The second-order valence-corrected chi connectivity index (χ2v) is 24.3. The van der Waals surface area contributed by atoms with Crippen molar-refractivity contribution in [1.82, 2.24) is 14.7 Å². The number of nitrogens with zero attached hydrogens (tertiary/aromatic N) is 3. The summed E-state index contributed by atoms with van der Waals surface area (Å²) >= 11 is 0. The topological polar surface area (TPSA) is 116 Å². The molecule has 6 aliphatic rings. The van der Waals surface area contributed by atoms with Crippen molar-refractivity contribution in [1.29, 1.82) is 0 Å². The maximum absolute atomic E-state index is 12.6. The Bertz CT molecular complexity index is 2160. The van der Waals surface area contributed by atoms with Gasteiger partial charge in [-0.1, -0.05) is 36.4 Å². The van der Waals surface area contributed by atoms with Crippen LogP contribution in [0.5, 0.6) is 17.2 Å². The summed E-state index contributed by atoms with van der Waals surface area (Å²) in [5.41, 5.74) is 10.2. The van der Waals surface area contributed by atoms with Crippen LogP contribution in [0.3, 0.4) is 0 Å². The molecule has 0 saturated carbocycles. The minimum Gasteiger partial charge on any atom is -0.496 e. The fourth-order valence-electron chi connectivity index (χ4n) is 12.5. The van der Waals surface area contributed by atoms with Gasteiger partial charge in [0.1, 0.15) is 34.1 Å². The standard InChI is InChI=1S/3C20H29NO3/c3*1-13-8-9-14-12-17-15(11-16(14)18(13)23-5)7-6-10-21(17)19(22)24-20(2,3)4/h3*8-9,15,17H,6-7,10-12H2,1-5H3/t15-,17?;2*15-,17-/m110/s1. The molecular formula is C60H87N3O9. The van der Waals surface area contributed by atoms with Crippen molar-refractivity contribution < 1.29 is 42.8 Å². The molecule has 3 aromatic carbocycles. The van der Waals surface area contributed by atoms with E-state index in [2.05, 4.69) is 57.2 Å².